The van der Waals surface area contributed by atoms with Gasteiger partial charge < -0.3 is 5.32 Å². The fourth-order valence-corrected chi connectivity index (χ4v) is 1.57. The number of hydrogen-bond donors (Lipinski definition) is 1. The lowest BCUT2D eigenvalue weighted by atomic mass is 10.4. The molecule has 18 heavy (non-hydrogen) atoms. The van der Waals surface area contributed by atoms with Crippen LogP contribution in [0.25, 0.3) is 0 Å². The van der Waals surface area contributed by atoms with E-state index in [0.29, 0.717) is 13.1 Å². The molecule has 0 aliphatic rings. The van der Waals surface area contributed by atoms with Gasteiger partial charge in [0.1, 0.15) is 5.15 Å². The summed E-state index contributed by atoms with van der Waals surface area (Å²) in [6.07, 6.45) is 3.47. The quantitative estimate of drug-likeness (QED) is 0.508. The Hall–Kier alpha value is -2.15. The third-order valence-electron chi connectivity index (χ3n) is 2.23. The zero-order chi connectivity index (χ0) is 13.0. The van der Waals surface area contributed by atoms with Crippen LogP contribution in [0.1, 0.15) is 0 Å². The Labute approximate surface area is 108 Å². The van der Waals surface area contributed by atoms with Crippen LogP contribution in [0, 0.1) is 10.1 Å². The summed E-state index contributed by atoms with van der Waals surface area (Å²) >= 11 is 5.71. The number of aromatic nitrogens is 3. The summed E-state index contributed by atoms with van der Waals surface area (Å²) in [5.74, 6) is 0.166. The molecule has 0 aromatic carbocycles. The number of nitro groups is 1. The molecule has 2 aromatic rings. The molecule has 0 saturated heterocycles. The van der Waals surface area contributed by atoms with Gasteiger partial charge in [-0.3, -0.25) is 14.8 Å². The molecule has 0 radical (unpaired) electrons. The van der Waals surface area contributed by atoms with Crippen molar-refractivity contribution in [2.24, 2.45) is 0 Å². The first kappa shape index (κ1) is 12.3. The highest BCUT2D eigenvalue weighted by molar-refractivity contribution is 6.29. The van der Waals surface area contributed by atoms with E-state index >= 15 is 0 Å². The maximum Gasteiger partial charge on any atom is 0.311 e. The summed E-state index contributed by atoms with van der Waals surface area (Å²) in [5, 5.41) is 17.9. The van der Waals surface area contributed by atoms with Crippen molar-refractivity contribution in [3.63, 3.8) is 0 Å². The van der Waals surface area contributed by atoms with E-state index in [1.807, 2.05) is 6.20 Å². The van der Waals surface area contributed by atoms with Crippen LogP contribution in [0.2, 0.25) is 5.15 Å². The summed E-state index contributed by atoms with van der Waals surface area (Å²) in [4.78, 5) is 14.2. The summed E-state index contributed by atoms with van der Waals surface area (Å²) in [5.41, 5.74) is -0.0973. The van der Waals surface area contributed by atoms with Crippen molar-refractivity contribution in [2.75, 3.05) is 11.9 Å². The number of anilines is 1. The second-order valence-corrected chi connectivity index (χ2v) is 3.84. The van der Waals surface area contributed by atoms with Gasteiger partial charge in [0.2, 0.25) is 5.82 Å². The Bertz CT molecular complexity index is 543. The van der Waals surface area contributed by atoms with Gasteiger partial charge in [0.15, 0.2) is 0 Å². The van der Waals surface area contributed by atoms with Crippen LogP contribution in [0.5, 0.6) is 0 Å². The summed E-state index contributed by atoms with van der Waals surface area (Å²) in [7, 11) is 0. The van der Waals surface area contributed by atoms with Crippen LogP contribution in [-0.2, 0) is 6.54 Å². The first-order valence-electron chi connectivity index (χ1n) is 5.19. The van der Waals surface area contributed by atoms with Gasteiger partial charge in [-0.05, 0) is 12.1 Å². The molecule has 94 valence electrons. The summed E-state index contributed by atoms with van der Waals surface area (Å²) in [6.45, 7) is 1.05. The van der Waals surface area contributed by atoms with Gasteiger partial charge in [0, 0.05) is 25.0 Å². The van der Waals surface area contributed by atoms with E-state index in [4.69, 9.17) is 11.6 Å². The van der Waals surface area contributed by atoms with Gasteiger partial charge in [0.25, 0.3) is 0 Å². The number of nitrogens with zero attached hydrogens (tertiary/aromatic N) is 4. The van der Waals surface area contributed by atoms with E-state index in [1.54, 1.807) is 16.9 Å². The zero-order valence-corrected chi connectivity index (χ0v) is 10.0. The van der Waals surface area contributed by atoms with Gasteiger partial charge in [-0.15, -0.1) is 0 Å². The summed E-state index contributed by atoms with van der Waals surface area (Å²) < 4.78 is 1.71. The second-order valence-electron chi connectivity index (χ2n) is 3.45. The Morgan fingerprint density at radius 2 is 2.33 bits per heavy atom. The van der Waals surface area contributed by atoms with Gasteiger partial charge in [-0.1, -0.05) is 11.6 Å². The normalized spacial score (nSPS) is 10.3. The van der Waals surface area contributed by atoms with Crippen LogP contribution in [-0.4, -0.2) is 26.2 Å². The number of halogens is 1. The first-order chi connectivity index (χ1) is 8.66. The average Bonchev–Trinajstić information content (AvgIpc) is 2.82. The van der Waals surface area contributed by atoms with Gasteiger partial charge in [0.05, 0.1) is 11.5 Å². The third kappa shape index (κ3) is 2.95. The largest absolute Gasteiger partial charge is 0.362 e. The average molecular weight is 268 g/mol. The Morgan fingerprint density at radius 1 is 1.50 bits per heavy atom. The monoisotopic (exact) mass is 267 g/mol. The number of hydrogen-bond acceptors (Lipinski definition) is 5. The van der Waals surface area contributed by atoms with Crippen molar-refractivity contribution in [3.8, 4) is 0 Å². The van der Waals surface area contributed by atoms with Gasteiger partial charge >= 0.3 is 5.69 Å². The second kappa shape index (κ2) is 5.46. The number of rotatable bonds is 5. The Balaban J connectivity index is 2.03. The molecule has 7 nitrogen and oxygen atoms in total. The van der Waals surface area contributed by atoms with Crippen LogP contribution in [0.4, 0.5) is 11.5 Å². The van der Waals surface area contributed by atoms with Crippen LogP contribution in [0.15, 0.2) is 30.6 Å². The Kier molecular flexibility index (Phi) is 3.73. The fourth-order valence-electron chi connectivity index (χ4n) is 1.43. The van der Waals surface area contributed by atoms with Crippen molar-refractivity contribution >= 4 is 23.1 Å². The molecule has 0 aliphatic heterocycles. The molecule has 2 heterocycles. The van der Waals surface area contributed by atoms with Crippen LogP contribution < -0.4 is 5.32 Å². The van der Waals surface area contributed by atoms with Gasteiger partial charge in [-0.2, -0.15) is 5.10 Å². The highest BCUT2D eigenvalue weighted by Crippen LogP contribution is 2.23. The predicted molar refractivity (Wildman–Crippen MR) is 66.6 cm³/mol. The molecule has 2 rings (SSSR count). The molecule has 0 saturated carbocycles. The van der Waals surface area contributed by atoms with E-state index in [1.165, 1.54) is 12.1 Å². The molecule has 8 heteroatoms. The maximum absolute atomic E-state index is 10.8. The standard InChI is InChI=1S/C10H10ClN5O2/c11-9-3-2-8(16(17)18)10(14-9)12-5-7-15-6-1-4-13-15/h1-4,6H,5,7H2,(H,12,14). The molecular formula is C10H10ClN5O2. The molecule has 0 fully saturated rings. The minimum Gasteiger partial charge on any atom is -0.362 e. The van der Waals surface area contributed by atoms with Crippen molar-refractivity contribution in [1.82, 2.24) is 14.8 Å². The molecule has 2 aromatic heterocycles. The van der Waals surface area contributed by atoms with Crippen molar-refractivity contribution in [3.05, 3.63) is 45.9 Å². The molecule has 1 N–H and O–H groups in total. The number of nitrogens with one attached hydrogen (secondary N) is 1. The van der Waals surface area contributed by atoms with Crippen molar-refractivity contribution in [1.29, 1.82) is 0 Å². The van der Waals surface area contributed by atoms with E-state index in [0.717, 1.165) is 0 Å². The predicted octanol–water partition coefficient (Wildman–Crippen LogP) is 1.95. The lowest BCUT2D eigenvalue weighted by Crippen LogP contribution is -2.12. The van der Waals surface area contributed by atoms with E-state index in [-0.39, 0.29) is 16.7 Å². The summed E-state index contributed by atoms with van der Waals surface area (Å²) in [6, 6.07) is 4.52. The van der Waals surface area contributed by atoms with E-state index in [9.17, 15) is 10.1 Å². The topological polar surface area (TPSA) is 85.9 Å². The smallest absolute Gasteiger partial charge is 0.311 e. The zero-order valence-electron chi connectivity index (χ0n) is 9.28. The van der Waals surface area contributed by atoms with E-state index < -0.39 is 4.92 Å². The first-order valence-corrected chi connectivity index (χ1v) is 5.57. The maximum atomic E-state index is 10.8. The lowest BCUT2D eigenvalue weighted by molar-refractivity contribution is -0.384. The lowest BCUT2D eigenvalue weighted by Gasteiger charge is -2.06. The highest BCUT2D eigenvalue weighted by Gasteiger charge is 2.14. The van der Waals surface area contributed by atoms with Crippen LogP contribution in [0.3, 0.4) is 0 Å². The molecular weight excluding hydrogens is 258 g/mol. The molecule has 0 spiro atoms. The van der Waals surface area contributed by atoms with Crippen LogP contribution >= 0.6 is 11.6 Å². The van der Waals surface area contributed by atoms with Gasteiger partial charge in [-0.25, -0.2) is 4.98 Å². The molecule has 0 amide bonds. The molecule has 0 aliphatic carbocycles. The van der Waals surface area contributed by atoms with E-state index in [2.05, 4.69) is 15.4 Å². The minimum absolute atomic E-state index is 0.0973. The third-order valence-corrected chi connectivity index (χ3v) is 2.44. The fraction of sp³-hybridized carbons (Fsp3) is 0.200. The molecule has 0 atom stereocenters. The highest BCUT2D eigenvalue weighted by atomic mass is 35.5. The molecule has 0 bridgehead atoms. The van der Waals surface area contributed by atoms with Crippen molar-refractivity contribution < 1.29 is 4.92 Å². The Morgan fingerprint density at radius 3 is 3.00 bits per heavy atom. The van der Waals surface area contributed by atoms with Crippen molar-refractivity contribution in [2.45, 2.75) is 6.54 Å². The molecule has 0 unspecified atom stereocenters. The minimum atomic E-state index is -0.500. The SMILES string of the molecule is O=[N+]([O-])c1ccc(Cl)nc1NCCn1cccn1. The number of pyridine rings is 1.